The van der Waals surface area contributed by atoms with E-state index in [0.717, 1.165) is 5.56 Å². The summed E-state index contributed by atoms with van der Waals surface area (Å²) >= 11 is 6.43. The summed E-state index contributed by atoms with van der Waals surface area (Å²) in [5.41, 5.74) is -0.00533. The van der Waals surface area contributed by atoms with Gasteiger partial charge in [0.15, 0.2) is 5.60 Å². The van der Waals surface area contributed by atoms with Gasteiger partial charge in [0.05, 0.1) is 24.4 Å². The van der Waals surface area contributed by atoms with Crippen molar-refractivity contribution in [1.82, 2.24) is 14.7 Å². The van der Waals surface area contributed by atoms with Crippen LogP contribution >= 0.6 is 11.6 Å². The number of hydrogen-bond acceptors (Lipinski definition) is 5. The quantitative estimate of drug-likeness (QED) is 0.747. The highest BCUT2D eigenvalue weighted by Crippen LogP contribution is 2.28. The van der Waals surface area contributed by atoms with E-state index in [0.29, 0.717) is 12.2 Å². The lowest BCUT2D eigenvalue weighted by Crippen LogP contribution is -2.51. The molecule has 1 aromatic heterocycles. The molecule has 1 amide bonds. The Morgan fingerprint density at radius 3 is 2.48 bits per heavy atom. The second-order valence-electron chi connectivity index (χ2n) is 7.08. The van der Waals surface area contributed by atoms with Crippen LogP contribution in [0.1, 0.15) is 41.4 Å². The van der Waals surface area contributed by atoms with Crippen molar-refractivity contribution in [1.29, 1.82) is 0 Å². The van der Waals surface area contributed by atoms with Gasteiger partial charge in [-0.25, -0.2) is 13.9 Å². The molecule has 1 aliphatic heterocycles. The molecule has 3 rings (SSSR count). The van der Waals surface area contributed by atoms with Crippen LogP contribution in [0, 0.1) is 12.7 Å². The van der Waals surface area contributed by atoms with Gasteiger partial charge in [-0.3, -0.25) is 4.79 Å². The van der Waals surface area contributed by atoms with Crippen LogP contribution in [0.2, 0.25) is 5.15 Å². The second kappa shape index (κ2) is 8.51. The zero-order valence-corrected chi connectivity index (χ0v) is 17.1. The second-order valence-corrected chi connectivity index (χ2v) is 7.44. The molecule has 156 valence electrons. The van der Waals surface area contributed by atoms with Crippen LogP contribution in [0.5, 0.6) is 0 Å². The fourth-order valence-electron chi connectivity index (χ4n) is 3.37. The number of aliphatic hydroxyl groups is 1. The molecule has 1 saturated heterocycles. The smallest absolute Gasteiger partial charge is 0.338 e. The van der Waals surface area contributed by atoms with E-state index in [1.54, 1.807) is 30.9 Å². The average Bonchev–Trinajstić information content (AvgIpc) is 2.97. The summed E-state index contributed by atoms with van der Waals surface area (Å²) in [6.45, 7) is 4.26. The number of rotatable bonds is 5. The maximum atomic E-state index is 13.1. The number of benzene rings is 1. The number of halogens is 2. The Morgan fingerprint density at radius 2 is 1.90 bits per heavy atom. The molecule has 7 nitrogen and oxygen atoms in total. The highest BCUT2D eigenvalue weighted by atomic mass is 35.5. The van der Waals surface area contributed by atoms with E-state index in [4.69, 9.17) is 16.3 Å². The molecule has 1 N–H and O–H groups in total. The lowest BCUT2D eigenvalue weighted by atomic mass is 9.91. The van der Waals surface area contributed by atoms with Crippen LogP contribution in [0.4, 0.5) is 4.39 Å². The van der Waals surface area contributed by atoms with Crippen LogP contribution in [0.25, 0.3) is 0 Å². The molecule has 0 aliphatic carbocycles. The number of carbonyl (C=O) groups is 2. The SMILES string of the molecule is CCOC(=O)C1(O)CCN(C(=O)c2c(C)nn(Cc3ccc(F)cc3)c2Cl)CC1. The number of likely N-dealkylation sites (tertiary alicyclic amines) is 1. The predicted octanol–water partition coefficient (Wildman–Crippen LogP) is 2.56. The zero-order valence-electron chi connectivity index (χ0n) is 16.3. The van der Waals surface area contributed by atoms with Crippen molar-refractivity contribution >= 4 is 23.5 Å². The number of nitrogens with zero attached hydrogens (tertiary/aromatic N) is 3. The molecule has 1 fully saturated rings. The predicted molar refractivity (Wildman–Crippen MR) is 104 cm³/mol. The maximum absolute atomic E-state index is 13.1. The van der Waals surface area contributed by atoms with Gasteiger partial charge in [0, 0.05) is 25.9 Å². The van der Waals surface area contributed by atoms with Crippen LogP contribution < -0.4 is 0 Å². The standard InChI is InChI=1S/C20H23ClFN3O4/c1-3-29-19(27)20(28)8-10-24(11-9-20)18(26)16-13(2)23-25(17(16)21)12-14-4-6-15(22)7-5-14/h4-7,28H,3,8-12H2,1-2H3. The molecule has 0 unspecified atom stereocenters. The summed E-state index contributed by atoms with van der Waals surface area (Å²) in [4.78, 5) is 26.5. The molecule has 0 spiro atoms. The molecule has 1 aromatic carbocycles. The Kier molecular flexibility index (Phi) is 6.24. The monoisotopic (exact) mass is 423 g/mol. The Labute approximate surface area is 173 Å². The van der Waals surface area contributed by atoms with Crippen LogP contribution in [0.3, 0.4) is 0 Å². The number of piperidine rings is 1. The van der Waals surface area contributed by atoms with Crippen LogP contribution in [-0.2, 0) is 16.1 Å². The first-order valence-corrected chi connectivity index (χ1v) is 9.79. The topological polar surface area (TPSA) is 84.7 Å². The fourth-order valence-corrected chi connectivity index (χ4v) is 3.69. The minimum atomic E-state index is -1.57. The lowest BCUT2D eigenvalue weighted by Gasteiger charge is -2.36. The van der Waals surface area contributed by atoms with Gasteiger partial charge < -0.3 is 14.7 Å². The number of amides is 1. The van der Waals surface area contributed by atoms with E-state index < -0.39 is 11.6 Å². The van der Waals surface area contributed by atoms with Gasteiger partial charge in [-0.15, -0.1) is 0 Å². The number of carbonyl (C=O) groups excluding carboxylic acids is 2. The average molecular weight is 424 g/mol. The van der Waals surface area contributed by atoms with E-state index >= 15 is 0 Å². The van der Waals surface area contributed by atoms with E-state index in [2.05, 4.69) is 5.10 Å². The molecule has 1 aliphatic rings. The van der Waals surface area contributed by atoms with Gasteiger partial charge in [0.1, 0.15) is 11.0 Å². The minimum Gasteiger partial charge on any atom is -0.464 e. The first-order chi connectivity index (χ1) is 13.7. The summed E-state index contributed by atoms with van der Waals surface area (Å²) in [6, 6.07) is 5.96. The number of esters is 1. The third kappa shape index (κ3) is 4.43. The van der Waals surface area contributed by atoms with Gasteiger partial charge in [-0.05, 0) is 31.5 Å². The van der Waals surface area contributed by atoms with Crippen molar-refractivity contribution in [3.8, 4) is 0 Å². The molecular weight excluding hydrogens is 401 g/mol. The Bertz CT molecular complexity index is 905. The molecule has 0 atom stereocenters. The van der Waals surface area contributed by atoms with Gasteiger partial charge in [0.2, 0.25) is 0 Å². The molecule has 29 heavy (non-hydrogen) atoms. The highest BCUT2D eigenvalue weighted by Gasteiger charge is 2.42. The summed E-state index contributed by atoms with van der Waals surface area (Å²) < 4.78 is 19.5. The molecule has 0 radical (unpaired) electrons. The molecule has 0 bridgehead atoms. The third-order valence-electron chi connectivity index (χ3n) is 5.06. The van der Waals surface area contributed by atoms with Crippen molar-refractivity contribution < 1.29 is 23.8 Å². The van der Waals surface area contributed by atoms with Crippen molar-refractivity contribution in [2.75, 3.05) is 19.7 Å². The summed E-state index contributed by atoms with van der Waals surface area (Å²) in [5.74, 6) is -1.29. The van der Waals surface area contributed by atoms with Crippen molar-refractivity contribution in [3.63, 3.8) is 0 Å². The lowest BCUT2D eigenvalue weighted by molar-refractivity contribution is -0.169. The number of ether oxygens (including phenoxy) is 1. The normalized spacial score (nSPS) is 16.0. The van der Waals surface area contributed by atoms with E-state index in [1.807, 2.05) is 0 Å². The van der Waals surface area contributed by atoms with Gasteiger partial charge >= 0.3 is 5.97 Å². The fraction of sp³-hybridized carbons (Fsp3) is 0.450. The van der Waals surface area contributed by atoms with E-state index in [9.17, 15) is 19.1 Å². The largest absolute Gasteiger partial charge is 0.464 e. The molecule has 0 saturated carbocycles. The molecular formula is C20H23ClFN3O4. The van der Waals surface area contributed by atoms with E-state index in [-0.39, 0.29) is 55.0 Å². The number of hydrogen-bond donors (Lipinski definition) is 1. The minimum absolute atomic E-state index is 0.0952. The first kappa shape index (κ1) is 21.3. The number of aryl methyl sites for hydroxylation is 1. The third-order valence-corrected chi connectivity index (χ3v) is 5.44. The summed E-state index contributed by atoms with van der Waals surface area (Å²) in [5, 5.41) is 15.0. The van der Waals surface area contributed by atoms with Gasteiger partial charge in [-0.2, -0.15) is 5.10 Å². The molecule has 2 aromatic rings. The van der Waals surface area contributed by atoms with Gasteiger partial charge in [0.25, 0.3) is 5.91 Å². The van der Waals surface area contributed by atoms with Crippen molar-refractivity contribution in [2.24, 2.45) is 0 Å². The highest BCUT2D eigenvalue weighted by molar-refractivity contribution is 6.33. The Hall–Kier alpha value is -2.45. The summed E-state index contributed by atoms with van der Waals surface area (Å²) in [6.07, 6.45) is 0.190. The maximum Gasteiger partial charge on any atom is 0.338 e. The van der Waals surface area contributed by atoms with E-state index in [1.165, 1.54) is 16.8 Å². The van der Waals surface area contributed by atoms with Gasteiger partial charge in [-0.1, -0.05) is 23.7 Å². The van der Waals surface area contributed by atoms with Crippen LogP contribution in [0.15, 0.2) is 24.3 Å². The Morgan fingerprint density at radius 1 is 1.28 bits per heavy atom. The molecule has 2 heterocycles. The molecule has 9 heteroatoms. The van der Waals surface area contributed by atoms with Crippen LogP contribution in [-0.4, -0.2) is 57.0 Å². The zero-order chi connectivity index (χ0) is 21.2. The van der Waals surface area contributed by atoms with Crippen molar-refractivity contribution in [2.45, 2.75) is 38.8 Å². The Balaban J connectivity index is 1.72. The first-order valence-electron chi connectivity index (χ1n) is 9.41. The van der Waals surface area contributed by atoms with Crippen molar-refractivity contribution in [3.05, 3.63) is 52.1 Å². The number of aromatic nitrogens is 2. The summed E-state index contributed by atoms with van der Waals surface area (Å²) in [7, 11) is 0.